The molecule has 1 aliphatic carbocycles. The molecule has 1 heterocycles. The molecule has 1 saturated carbocycles. The molecule has 2 atom stereocenters. The van der Waals surface area contributed by atoms with Crippen molar-refractivity contribution in [3.8, 4) is 0 Å². The zero-order valence-electron chi connectivity index (χ0n) is 12.3. The average Bonchev–Trinajstić information content (AvgIpc) is 2.68. The molecule has 6 heteroatoms. The van der Waals surface area contributed by atoms with Gasteiger partial charge in [-0.05, 0) is 45.2 Å². The third-order valence-electron chi connectivity index (χ3n) is 3.88. The van der Waals surface area contributed by atoms with E-state index >= 15 is 0 Å². The SMILES string of the molecule is CCNC1(C(=O)O)CCCC(Sc2cc(C)nn2C)C1. The van der Waals surface area contributed by atoms with Gasteiger partial charge in [-0.3, -0.25) is 9.48 Å². The second kappa shape index (κ2) is 6.18. The van der Waals surface area contributed by atoms with Gasteiger partial charge in [0.2, 0.25) is 0 Å². The van der Waals surface area contributed by atoms with Gasteiger partial charge in [0.05, 0.1) is 10.7 Å². The molecule has 1 fully saturated rings. The van der Waals surface area contributed by atoms with Crippen molar-refractivity contribution in [3.05, 3.63) is 11.8 Å². The lowest BCUT2D eigenvalue weighted by molar-refractivity contribution is -0.146. The molecule has 2 N–H and O–H groups in total. The largest absolute Gasteiger partial charge is 0.480 e. The first-order valence-corrected chi connectivity index (χ1v) is 8.00. The predicted molar refractivity (Wildman–Crippen MR) is 80.1 cm³/mol. The molecular weight excluding hydrogens is 274 g/mol. The van der Waals surface area contributed by atoms with E-state index in [0.29, 0.717) is 18.2 Å². The lowest BCUT2D eigenvalue weighted by atomic mass is 9.81. The van der Waals surface area contributed by atoms with Crippen molar-refractivity contribution in [2.45, 2.75) is 55.3 Å². The predicted octanol–water partition coefficient (Wildman–Crippen LogP) is 2.20. The third-order valence-corrected chi connectivity index (χ3v) is 5.24. The number of nitrogens with zero attached hydrogens (tertiary/aromatic N) is 2. The smallest absolute Gasteiger partial charge is 0.323 e. The molecule has 0 radical (unpaired) electrons. The fourth-order valence-electron chi connectivity index (χ4n) is 2.96. The van der Waals surface area contributed by atoms with Gasteiger partial charge in [-0.25, -0.2) is 0 Å². The van der Waals surface area contributed by atoms with Crippen molar-refractivity contribution in [2.75, 3.05) is 6.54 Å². The molecule has 0 aliphatic heterocycles. The van der Waals surface area contributed by atoms with Gasteiger partial charge in [-0.2, -0.15) is 5.10 Å². The molecule has 0 aromatic carbocycles. The van der Waals surface area contributed by atoms with Gasteiger partial charge < -0.3 is 10.4 Å². The van der Waals surface area contributed by atoms with E-state index in [4.69, 9.17) is 0 Å². The van der Waals surface area contributed by atoms with Gasteiger partial charge in [0.1, 0.15) is 5.54 Å². The van der Waals surface area contributed by atoms with Crippen LogP contribution in [-0.4, -0.2) is 38.2 Å². The van der Waals surface area contributed by atoms with Crippen LogP contribution in [0.15, 0.2) is 11.1 Å². The van der Waals surface area contributed by atoms with Crippen molar-refractivity contribution in [1.29, 1.82) is 0 Å². The molecule has 0 amide bonds. The fourth-order valence-corrected chi connectivity index (χ4v) is 4.39. The number of carboxylic acids is 1. The molecule has 112 valence electrons. The van der Waals surface area contributed by atoms with Crippen LogP contribution in [0.25, 0.3) is 0 Å². The Kier molecular flexibility index (Phi) is 4.75. The summed E-state index contributed by atoms with van der Waals surface area (Å²) in [6, 6.07) is 2.06. The topological polar surface area (TPSA) is 67.2 Å². The number of aromatic nitrogens is 2. The summed E-state index contributed by atoms with van der Waals surface area (Å²) in [6.45, 7) is 4.63. The maximum atomic E-state index is 11.6. The van der Waals surface area contributed by atoms with Crippen molar-refractivity contribution in [1.82, 2.24) is 15.1 Å². The first kappa shape index (κ1) is 15.4. The van der Waals surface area contributed by atoms with Gasteiger partial charge in [0, 0.05) is 12.3 Å². The summed E-state index contributed by atoms with van der Waals surface area (Å²) in [7, 11) is 1.94. The summed E-state index contributed by atoms with van der Waals surface area (Å²) in [5, 5.41) is 18.6. The van der Waals surface area contributed by atoms with Gasteiger partial charge in [-0.1, -0.05) is 6.92 Å². The highest BCUT2D eigenvalue weighted by Crippen LogP contribution is 2.38. The van der Waals surface area contributed by atoms with Crippen molar-refractivity contribution >= 4 is 17.7 Å². The number of likely N-dealkylation sites (N-methyl/N-ethyl adjacent to an activating group) is 1. The summed E-state index contributed by atoms with van der Waals surface area (Å²) in [5.41, 5.74) is 0.250. The molecule has 0 saturated heterocycles. The molecule has 5 nitrogen and oxygen atoms in total. The Morgan fingerprint density at radius 1 is 1.70 bits per heavy atom. The minimum Gasteiger partial charge on any atom is -0.480 e. The normalized spacial score (nSPS) is 26.6. The number of hydrogen-bond donors (Lipinski definition) is 2. The summed E-state index contributed by atoms with van der Waals surface area (Å²) >= 11 is 1.75. The van der Waals surface area contributed by atoms with Crippen LogP contribution >= 0.6 is 11.8 Å². The Labute approximate surface area is 124 Å². The molecule has 1 aromatic rings. The molecule has 1 aromatic heterocycles. The second-order valence-electron chi connectivity index (χ2n) is 5.50. The highest BCUT2D eigenvalue weighted by molar-refractivity contribution is 7.99. The first-order chi connectivity index (χ1) is 9.47. The fraction of sp³-hybridized carbons (Fsp3) is 0.714. The number of hydrogen-bond acceptors (Lipinski definition) is 4. The minimum atomic E-state index is -0.752. The summed E-state index contributed by atoms with van der Waals surface area (Å²) < 4.78 is 1.88. The highest BCUT2D eigenvalue weighted by Gasteiger charge is 2.42. The summed E-state index contributed by atoms with van der Waals surface area (Å²) in [4.78, 5) is 11.6. The van der Waals surface area contributed by atoms with Gasteiger partial charge in [-0.15, -0.1) is 11.8 Å². The molecule has 0 spiro atoms. The number of carboxylic acid groups (broad SMARTS) is 1. The number of carbonyl (C=O) groups is 1. The van der Waals surface area contributed by atoms with E-state index in [1.807, 2.05) is 25.6 Å². The second-order valence-corrected chi connectivity index (χ2v) is 6.82. The first-order valence-electron chi connectivity index (χ1n) is 7.12. The number of aryl methyl sites for hydroxylation is 2. The van der Waals surface area contributed by atoms with E-state index in [-0.39, 0.29) is 0 Å². The lowest BCUT2D eigenvalue weighted by Crippen LogP contribution is -2.55. The van der Waals surface area contributed by atoms with Crippen LogP contribution in [0.5, 0.6) is 0 Å². The van der Waals surface area contributed by atoms with E-state index in [2.05, 4.69) is 16.5 Å². The number of rotatable bonds is 5. The van der Waals surface area contributed by atoms with Gasteiger partial charge in [0.25, 0.3) is 0 Å². The zero-order chi connectivity index (χ0) is 14.8. The van der Waals surface area contributed by atoms with Crippen molar-refractivity contribution in [3.63, 3.8) is 0 Å². The quantitative estimate of drug-likeness (QED) is 0.872. The molecule has 2 unspecified atom stereocenters. The lowest BCUT2D eigenvalue weighted by Gasteiger charge is -2.37. The number of nitrogens with one attached hydrogen (secondary N) is 1. The van der Waals surface area contributed by atoms with Crippen LogP contribution in [0.4, 0.5) is 0 Å². The molecule has 1 aliphatic rings. The van der Waals surface area contributed by atoms with E-state index in [1.54, 1.807) is 11.8 Å². The Morgan fingerprint density at radius 3 is 3.00 bits per heavy atom. The van der Waals surface area contributed by atoms with Crippen LogP contribution in [0.2, 0.25) is 0 Å². The van der Waals surface area contributed by atoms with E-state index in [9.17, 15) is 9.90 Å². The monoisotopic (exact) mass is 297 g/mol. The molecule has 2 rings (SSSR count). The molecular formula is C14H23N3O2S. The van der Waals surface area contributed by atoms with E-state index < -0.39 is 11.5 Å². The van der Waals surface area contributed by atoms with Crippen molar-refractivity contribution in [2.24, 2.45) is 7.05 Å². The van der Waals surface area contributed by atoms with Crippen LogP contribution < -0.4 is 5.32 Å². The zero-order valence-corrected chi connectivity index (χ0v) is 13.2. The van der Waals surface area contributed by atoms with Crippen LogP contribution in [0.1, 0.15) is 38.3 Å². The van der Waals surface area contributed by atoms with Crippen LogP contribution in [0, 0.1) is 6.92 Å². The van der Waals surface area contributed by atoms with Crippen LogP contribution in [0.3, 0.4) is 0 Å². The minimum absolute atomic E-state index is 0.328. The maximum Gasteiger partial charge on any atom is 0.323 e. The van der Waals surface area contributed by atoms with E-state index in [1.165, 1.54) is 0 Å². The Bertz CT molecular complexity index is 485. The molecule has 0 bridgehead atoms. The Morgan fingerprint density at radius 2 is 2.45 bits per heavy atom. The number of thioether (sulfide) groups is 1. The third kappa shape index (κ3) is 3.17. The maximum absolute atomic E-state index is 11.6. The number of aliphatic carboxylic acids is 1. The van der Waals surface area contributed by atoms with Crippen LogP contribution in [-0.2, 0) is 11.8 Å². The van der Waals surface area contributed by atoms with E-state index in [0.717, 1.165) is 30.0 Å². The standard InChI is InChI=1S/C14H23N3O2S/c1-4-15-14(13(18)19)7-5-6-11(9-14)20-12-8-10(2)16-17(12)3/h8,11,15H,4-7,9H2,1-3H3,(H,18,19). The Hall–Kier alpha value is -1.01. The highest BCUT2D eigenvalue weighted by atomic mass is 32.2. The Balaban J connectivity index is 2.10. The van der Waals surface area contributed by atoms with Gasteiger partial charge in [0.15, 0.2) is 0 Å². The van der Waals surface area contributed by atoms with Crippen molar-refractivity contribution < 1.29 is 9.90 Å². The summed E-state index contributed by atoms with van der Waals surface area (Å²) in [5.74, 6) is -0.717. The summed E-state index contributed by atoms with van der Waals surface area (Å²) in [6.07, 6.45) is 3.41. The average molecular weight is 297 g/mol. The van der Waals surface area contributed by atoms with Gasteiger partial charge >= 0.3 is 5.97 Å². The molecule has 20 heavy (non-hydrogen) atoms.